The van der Waals surface area contributed by atoms with Gasteiger partial charge in [-0.3, -0.25) is 4.79 Å². The second kappa shape index (κ2) is 8.21. The summed E-state index contributed by atoms with van der Waals surface area (Å²) in [5.74, 6) is 1.15. The lowest BCUT2D eigenvalue weighted by atomic mass is 10.2. The molecule has 0 fully saturated rings. The highest BCUT2D eigenvalue weighted by molar-refractivity contribution is 6.34. The Balaban J connectivity index is 2.12. The fourth-order valence-corrected chi connectivity index (χ4v) is 2.28. The second-order valence-corrected chi connectivity index (χ2v) is 5.01. The van der Waals surface area contributed by atoms with Crippen LogP contribution in [-0.2, 0) is 0 Å². The van der Waals surface area contributed by atoms with E-state index < -0.39 is 0 Å². The maximum Gasteiger partial charge on any atom is 0.271 e. The van der Waals surface area contributed by atoms with Crippen LogP contribution in [0.2, 0.25) is 5.02 Å². The lowest BCUT2D eigenvalue weighted by molar-refractivity contribution is 0.0955. The molecule has 0 aliphatic carbocycles. The molecule has 2 aromatic rings. The normalized spacial score (nSPS) is 10.5. The standard InChI is InChI=1S/C17H17ClN2O4/c1-22-13-6-4-5-11(9-13)17(21)20-19-10-12-7-8-14(23-2)16(24-3)15(12)18/h4-10H,1-3H3,(H,20,21)/b19-10+. The largest absolute Gasteiger partial charge is 0.497 e. The lowest BCUT2D eigenvalue weighted by Crippen LogP contribution is -2.17. The molecule has 1 amide bonds. The van der Waals surface area contributed by atoms with E-state index in [0.717, 1.165) is 0 Å². The summed E-state index contributed by atoms with van der Waals surface area (Å²) in [4.78, 5) is 12.1. The Morgan fingerprint density at radius 2 is 1.92 bits per heavy atom. The van der Waals surface area contributed by atoms with Crippen LogP contribution in [-0.4, -0.2) is 33.5 Å². The third kappa shape index (κ3) is 3.97. The van der Waals surface area contributed by atoms with E-state index in [-0.39, 0.29) is 5.91 Å². The fraction of sp³-hybridized carbons (Fsp3) is 0.176. The highest BCUT2D eigenvalue weighted by Crippen LogP contribution is 2.36. The Hall–Kier alpha value is -2.73. The van der Waals surface area contributed by atoms with Gasteiger partial charge in [0.25, 0.3) is 5.91 Å². The zero-order chi connectivity index (χ0) is 17.5. The van der Waals surface area contributed by atoms with E-state index in [1.807, 2.05) is 0 Å². The number of amides is 1. The van der Waals surface area contributed by atoms with Gasteiger partial charge in [-0.05, 0) is 30.3 Å². The first kappa shape index (κ1) is 17.6. The van der Waals surface area contributed by atoms with Gasteiger partial charge in [-0.2, -0.15) is 5.10 Å². The smallest absolute Gasteiger partial charge is 0.271 e. The first-order valence-electron chi connectivity index (χ1n) is 6.98. The van der Waals surface area contributed by atoms with E-state index in [1.54, 1.807) is 36.4 Å². The third-order valence-corrected chi connectivity index (χ3v) is 3.61. The molecular weight excluding hydrogens is 332 g/mol. The maximum absolute atomic E-state index is 12.1. The van der Waals surface area contributed by atoms with Crippen molar-refractivity contribution in [2.24, 2.45) is 5.10 Å². The number of rotatable bonds is 6. The number of ether oxygens (including phenoxy) is 3. The number of benzene rings is 2. The monoisotopic (exact) mass is 348 g/mol. The van der Waals surface area contributed by atoms with Crippen LogP contribution in [0.3, 0.4) is 0 Å². The molecule has 6 nitrogen and oxygen atoms in total. The zero-order valence-electron chi connectivity index (χ0n) is 13.5. The van der Waals surface area contributed by atoms with Gasteiger partial charge in [-0.1, -0.05) is 17.7 Å². The van der Waals surface area contributed by atoms with E-state index in [2.05, 4.69) is 10.5 Å². The summed E-state index contributed by atoms with van der Waals surface area (Å²) in [5.41, 5.74) is 3.45. The van der Waals surface area contributed by atoms with Crippen LogP contribution >= 0.6 is 11.6 Å². The minimum Gasteiger partial charge on any atom is -0.497 e. The Kier molecular flexibility index (Phi) is 6.03. The minimum atomic E-state index is -0.359. The van der Waals surface area contributed by atoms with E-state index in [1.165, 1.54) is 27.5 Å². The molecule has 2 rings (SSSR count). The molecule has 0 saturated heterocycles. The summed E-state index contributed by atoms with van der Waals surface area (Å²) >= 11 is 6.24. The molecule has 0 spiro atoms. The number of carbonyl (C=O) groups is 1. The molecule has 24 heavy (non-hydrogen) atoms. The van der Waals surface area contributed by atoms with Crippen molar-refractivity contribution in [3.8, 4) is 17.2 Å². The predicted octanol–water partition coefficient (Wildman–Crippen LogP) is 3.13. The van der Waals surface area contributed by atoms with Crippen molar-refractivity contribution in [2.75, 3.05) is 21.3 Å². The lowest BCUT2D eigenvalue weighted by Gasteiger charge is -2.10. The van der Waals surface area contributed by atoms with Crippen LogP contribution in [0.5, 0.6) is 17.2 Å². The van der Waals surface area contributed by atoms with Gasteiger partial charge < -0.3 is 14.2 Å². The number of hydrogen-bond donors (Lipinski definition) is 1. The summed E-state index contributed by atoms with van der Waals surface area (Å²) in [6.07, 6.45) is 1.43. The van der Waals surface area contributed by atoms with Gasteiger partial charge in [0, 0.05) is 11.1 Å². The van der Waals surface area contributed by atoms with Gasteiger partial charge in [-0.25, -0.2) is 5.43 Å². The number of nitrogens with zero attached hydrogens (tertiary/aromatic N) is 1. The van der Waals surface area contributed by atoms with Gasteiger partial charge in [0.05, 0.1) is 32.6 Å². The van der Waals surface area contributed by atoms with Crippen LogP contribution in [0, 0.1) is 0 Å². The predicted molar refractivity (Wildman–Crippen MR) is 92.6 cm³/mol. The quantitative estimate of drug-likeness (QED) is 0.643. The van der Waals surface area contributed by atoms with Crippen molar-refractivity contribution < 1.29 is 19.0 Å². The van der Waals surface area contributed by atoms with Crippen LogP contribution in [0.15, 0.2) is 41.5 Å². The zero-order valence-corrected chi connectivity index (χ0v) is 14.3. The number of hydrazone groups is 1. The number of hydrogen-bond acceptors (Lipinski definition) is 5. The molecule has 126 valence electrons. The van der Waals surface area contributed by atoms with E-state index >= 15 is 0 Å². The highest BCUT2D eigenvalue weighted by Gasteiger charge is 2.12. The van der Waals surface area contributed by atoms with Crippen molar-refractivity contribution in [2.45, 2.75) is 0 Å². The van der Waals surface area contributed by atoms with Gasteiger partial charge in [0.15, 0.2) is 11.5 Å². The minimum absolute atomic E-state index is 0.344. The van der Waals surface area contributed by atoms with E-state index in [0.29, 0.717) is 33.4 Å². The molecule has 0 unspecified atom stereocenters. The van der Waals surface area contributed by atoms with E-state index in [9.17, 15) is 4.79 Å². The molecule has 0 atom stereocenters. The van der Waals surface area contributed by atoms with Crippen molar-refractivity contribution in [1.82, 2.24) is 5.43 Å². The summed E-state index contributed by atoms with van der Waals surface area (Å²) in [6, 6.07) is 10.2. The topological polar surface area (TPSA) is 69.2 Å². The van der Waals surface area contributed by atoms with Crippen molar-refractivity contribution in [3.63, 3.8) is 0 Å². The summed E-state index contributed by atoms with van der Waals surface area (Å²) in [6.45, 7) is 0. The van der Waals surface area contributed by atoms with Crippen molar-refractivity contribution in [3.05, 3.63) is 52.5 Å². The fourth-order valence-electron chi connectivity index (χ4n) is 1.99. The van der Waals surface area contributed by atoms with Crippen LogP contribution < -0.4 is 19.6 Å². The van der Waals surface area contributed by atoms with Crippen LogP contribution in [0.1, 0.15) is 15.9 Å². The Bertz CT molecular complexity index is 762. The molecule has 0 aliphatic rings. The molecule has 0 bridgehead atoms. The SMILES string of the molecule is COc1cccc(C(=O)N/N=C/c2ccc(OC)c(OC)c2Cl)c1. The van der Waals surface area contributed by atoms with Gasteiger partial charge in [0.1, 0.15) is 5.75 Å². The highest BCUT2D eigenvalue weighted by atomic mass is 35.5. The van der Waals surface area contributed by atoms with Gasteiger partial charge in [-0.15, -0.1) is 0 Å². The van der Waals surface area contributed by atoms with Crippen molar-refractivity contribution >= 4 is 23.7 Å². The van der Waals surface area contributed by atoms with Crippen LogP contribution in [0.25, 0.3) is 0 Å². The van der Waals surface area contributed by atoms with Crippen molar-refractivity contribution in [1.29, 1.82) is 0 Å². The maximum atomic E-state index is 12.1. The number of carbonyl (C=O) groups excluding carboxylic acids is 1. The molecule has 1 N–H and O–H groups in total. The molecule has 7 heteroatoms. The van der Waals surface area contributed by atoms with Gasteiger partial charge in [0.2, 0.25) is 0 Å². The molecule has 0 aliphatic heterocycles. The Morgan fingerprint density at radius 1 is 1.12 bits per heavy atom. The molecule has 2 aromatic carbocycles. The summed E-state index contributed by atoms with van der Waals surface area (Å²) in [5, 5.41) is 4.26. The average molecular weight is 349 g/mol. The summed E-state index contributed by atoms with van der Waals surface area (Å²) in [7, 11) is 4.56. The molecule has 0 aromatic heterocycles. The summed E-state index contributed by atoms with van der Waals surface area (Å²) < 4.78 is 15.4. The number of halogens is 1. The Morgan fingerprint density at radius 3 is 2.58 bits per heavy atom. The first-order chi connectivity index (χ1) is 11.6. The Labute approximate surface area is 145 Å². The first-order valence-corrected chi connectivity index (χ1v) is 7.36. The molecule has 0 heterocycles. The molecular formula is C17H17ClN2O4. The third-order valence-electron chi connectivity index (χ3n) is 3.22. The second-order valence-electron chi connectivity index (χ2n) is 4.64. The average Bonchev–Trinajstić information content (AvgIpc) is 2.62. The molecule has 0 saturated carbocycles. The van der Waals surface area contributed by atoms with E-state index in [4.69, 9.17) is 25.8 Å². The van der Waals surface area contributed by atoms with Crippen LogP contribution in [0.4, 0.5) is 0 Å². The number of methoxy groups -OCH3 is 3. The number of nitrogens with one attached hydrogen (secondary N) is 1. The molecule has 0 radical (unpaired) electrons. The van der Waals surface area contributed by atoms with Gasteiger partial charge >= 0.3 is 0 Å².